The van der Waals surface area contributed by atoms with Gasteiger partial charge in [0.1, 0.15) is 0 Å². The molecule has 0 aliphatic rings. The zero-order valence-corrected chi connectivity index (χ0v) is 7.16. The highest BCUT2D eigenvalue weighted by Gasteiger charge is 2.36. The molecule has 0 bridgehead atoms. The van der Waals surface area contributed by atoms with Crippen LogP contribution >= 0.6 is 11.6 Å². The van der Waals surface area contributed by atoms with Gasteiger partial charge in [0.2, 0.25) is 0 Å². The van der Waals surface area contributed by atoms with Gasteiger partial charge in [0.15, 0.2) is 0 Å². The molecular formula is C7H8ClF2NO. The summed E-state index contributed by atoms with van der Waals surface area (Å²) in [4.78, 5) is 10.5. The van der Waals surface area contributed by atoms with Gasteiger partial charge in [-0.3, -0.25) is 4.79 Å². The number of halogens is 3. The third kappa shape index (κ3) is 4.14. The minimum atomic E-state index is -3.86. The van der Waals surface area contributed by atoms with Crippen LogP contribution in [0, 0.1) is 12.3 Å². The molecule has 68 valence electrons. The largest absolute Gasteiger partial charge is 0.399 e. The molecule has 0 spiro atoms. The van der Waals surface area contributed by atoms with Crippen LogP contribution < -0.4 is 5.32 Å². The summed E-state index contributed by atoms with van der Waals surface area (Å²) >= 11 is 4.43. The lowest BCUT2D eigenvalue weighted by Crippen LogP contribution is -2.41. The van der Waals surface area contributed by atoms with Crippen molar-refractivity contribution in [3.63, 3.8) is 0 Å². The lowest BCUT2D eigenvalue weighted by atomic mass is 10.2. The lowest BCUT2D eigenvalue weighted by molar-refractivity contribution is -0.136. The summed E-state index contributed by atoms with van der Waals surface area (Å²) in [6.07, 6.45) is 5.09. The zero-order chi connectivity index (χ0) is 9.78. The molecule has 1 atom stereocenters. The normalized spacial score (nSPS) is 13.2. The van der Waals surface area contributed by atoms with Crippen LogP contribution in [0.25, 0.3) is 0 Å². The Bertz CT molecular complexity index is 206. The van der Waals surface area contributed by atoms with Crippen molar-refractivity contribution in [1.29, 1.82) is 0 Å². The van der Waals surface area contributed by atoms with Crippen molar-refractivity contribution >= 4 is 17.5 Å². The van der Waals surface area contributed by atoms with Gasteiger partial charge < -0.3 is 5.32 Å². The van der Waals surface area contributed by atoms with Gasteiger partial charge in [0.25, 0.3) is 0 Å². The van der Waals surface area contributed by atoms with Crippen LogP contribution in [0.15, 0.2) is 0 Å². The number of carbonyl (C=O) groups excluding carboxylic acids is 1. The predicted molar refractivity (Wildman–Crippen MR) is 41.9 cm³/mol. The number of hydrogen-bond acceptors (Lipinski definition) is 1. The van der Waals surface area contributed by atoms with E-state index >= 15 is 0 Å². The molecular weight excluding hydrogens is 188 g/mol. The first-order valence-electron chi connectivity index (χ1n) is 3.19. The number of amides is 1. The van der Waals surface area contributed by atoms with Crippen molar-refractivity contribution in [2.75, 3.05) is 0 Å². The standard InChI is InChI=1S/C7H8ClF2NO/c1-3-4-5(2)11-6(12)7(8,9)10/h1,5H,4H2,2H3,(H,11,12). The van der Waals surface area contributed by atoms with Gasteiger partial charge in [-0.15, -0.1) is 12.3 Å². The summed E-state index contributed by atoms with van der Waals surface area (Å²) in [5, 5.41) is -1.90. The molecule has 12 heavy (non-hydrogen) atoms. The van der Waals surface area contributed by atoms with Crippen LogP contribution in [-0.4, -0.2) is 17.3 Å². The van der Waals surface area contributed by atoms with Gasteiger partial charge >= 0.3 is 11.3 Å². The van der Waals surface area contributed by atoms with Gasteiger partial charge in [-0.25, -0.2) is 0 Å². The molecule has 1 amide bonds. The fourth-order valence-corrected chi connectivity index (χ4v) is 0.588. The highest BCUT2D eigenvalue weighted by atomic mass is 35.5. The highest BCUT2D eigenvalue weighted by molar-refractivity contribution is 6.32. The molecule has 1 unspecified atom stereocenters. The van der Waals surface area contributed by atoms with E-state index in [0.29, 0.717) is 0 Å². The van der Waals surface area contributed by atoms with E-state index in [1.807, 2.05) is 5.32 Å². The van der Waals surface area contributed by atoms with E-state index in [2.05, 4.69) is 17.5 Å². The molecule has 0 aliphatic carbocycles. The van der Waals surface area contributed by atoms with Crippen LogP contribution in [0.5, 0.6) is 0 Å². The Kier molecular flexibility index (Phi) is 3.98. The third-order valence-electron chi connectivity index (χ3n) is 1.06. The fraction of sp³-hybridized carbons (Fsp3) is 0.571. The number of carbonyl (C=O) groups is 1. The van der Waals surface area contributed by atoms with Crippen molar-refractivity contribution in [2.24, 2.45) is 0 Å². The number of terminal acetylenes is 1. The summed E-state index contributed by atoms with van der Waals surface area (Å²) in [5.41, 5.74) is 0. The fourth-order valence-electron chi connectivity index (χ4n) is 0.533. The van der Waals surface area contributed by atoms with Crippen molar-refractivity contribution in [1.82, 2.24) is 5.32 Å². The Hall–Kier alpha value is -0.820. The Morgan fingerprint density at radius 3 is 2.67 bits per heavy atom. The highest BCUT2D eigenvalue weighted by Crippen LogP contribution is 2.18. The van der Waals surface area contributed by atoms with Crippen LogP contribution in [0.4, 0.5) is 8.78 Å². The SMILES string of the molecule is C#CCC(C)NC(=O)C(F)(F)Cl. The lowest BCUT2D eigenvalue weighted by Gasteiger charge is -2.13. The summed E-state index contributed by atoms with van der Waals surface area (Å²) in [7, 11) is 0. The van der Waals surface area contributed by atoms with Crippen LogP contribution in [0.2, 0.25) is 0 Å². The first-order valence-corrected chi connectivity index (χ1v) is 3.57. The van der Waals surface area contributed by atoms with Crippen LogP contribution in [0.3, 0.4) is 0 Å². The molecule has 1 N–H and O–H groups in total. The maximum absolute atomic E-state index is 12.0. The van der Waals surface area contributed by atoms with Gasteiger partial charge in [0, 0.05) is 12.5 Å². The second kappa shape index (κ2) is 4.27. The summed E-state index contributed by atoms with van der Waals surface area (Å²) in [6, 6.07) is -0.493. The van der Waals surface area contributed by atoms with Gasteiger partial charge in [-0.1, -0.05) is 0 Å². The maximum Gasteiger partial charge on any atom is 0.399 e. The van der Waals surface area contributed by atoms with Crippen LogP contribution in [-0.2, 0) is 4.79 Å². The average Bonchev–Trinajstić information content (AvgIpc) is 1.85. The molecule has 2 nitrogen and oxygen atoms in total. The number of nitrogens with one attached hydrogen (secondary N) is 1. The molecule has 0 heterocycles. The number of rotatable bonds is 3. The molecule has 0 rings (SSSR count). The van der Waals surface area contributed by atoms with E-state index in [1.54, 1.807) is 0 Å². The monoisotopic (exact) mass is 195 g/mol. The third-order valence-corrected chi connectivity index (χ3v) is 1.23. The Morgan fingerprint density at radius 1 is 1.83 bits per heavy atom. The van der Waals surface area contributed by atoms with Crippen LogP contribution in [0.1, 0.15) is 13.3 Å². The van der Waals surface area contributed by atoms with E-state index in [9.17, 15) is 13.6 Å². The van der Waals surface area contributed by atoms with Gasteiger partial charge in [0.05, 0.1) is 0 Å². The molecule has 0 aromatic heterocycles. The molecule has 0 radical (unpaired) electrons. The smallest absolute Gasteiger partial charge is 0.346 e. The quantitative estimate of drug-likeness (QED) is 0.535. The number of alkyl halides is 3. The summed E-state index contributed by atoms with van der Waals surface area (Å²) < 4.78 is 24.0. The van der Waals surface area contributed by atoms with E-state index < -0.39 is 17.3 Å². The zero-order valence-electron chi connectivity index (χ0n) is 6.40. The molecule has 0 aliphatic heterocycles. The van der Waals surface area contributed by atoms with Crippen molar-refractivity contribution in [3.05, 3.63) is 0 Å². The molecule has 0 saturated heterocycles. The minimum absolute atomic E-state index is 0.193. The first-order chi connectivity index (χ1) is 5.38. The maximum atomic E-state index is 12.0. The summed E-state index contributed by atoms with van der Waals surface area (Å²) in [5.74, 6) is 0.700. The predicted octanol–water partition coefficient (Wildman–Crippen LogP) is 1.35. The Balaban J connectivity index is 3.95. The van der Waals surface area contributed by atoms with E-state index in [0.717, 1.165) is 0 Å². The van der Waals surface area contributed by atoms with E-state index in [4.69, 9.17) is 6.42 Å². The van der Waals surface area contributed by atoms with E-state index in [1.165, 1.54) is 6.92 Å². The molecule has 0 fully saturated rings. The van der Waals surface area contributed by atoms with Gasteiger partial charge in [-0.2, -0.15) is 8.78 Å². The minimum Gasteiger partial charge on any atom is -0.346 e. The number of hydrogen-bond donors (Lipinski definition) is 1. The molecule has 0 aromatic rings. The molecule has 0 saturated carbocycles. The summed E-state index contributed by atoms with van der Waals surface area (Å²) in [6.45, 7) is 1.51. The molecule has 5 heteroatoms. The topological polar surface area (TPSA) is 29.1 Å². The van der Waals surface area contributed by atoms with Crippen molar-refractivity contribution in [3.8, 4) is 12.3 Å². The van der Waals surface area contributed by atoms with Crippen molar-refractivity contribution in [2.45, 2.75) is 24.8 Å². The average molecular weight is 196 g/mol. The Morgan fingerprint density at radius 2 is 2.33 bits per heavy atom. The van der Waals surface area contributed by atoms with E-state index in [-0.39, 0.29) is 6.42 Å². The second-order valence-corrected chi connectivity index (χ2v) is 2.76. The Labute approximate surface area is 74.3 Å². The molecule has 0 aromatic carbocycles. The van der Waals surface area contributed by atoms with Gasteiger partial charge in [-0.05, 0) is 18.5 Å². The van der Waals surface area contributed by atoms with Crippen molar-refractivity contribution < 1.29 is 13.6 Å². The first kappa shape index (κ1) is 11.2. The second-order valence-electron chi connectivity index (χ2n) is 2.28.